The molecule has 3 unspecified atom stereocenters. The molecule has 0 radical (unpaired) electrons. The van der Waals surface area contributed by atoms with E-state index >= 15 is 0 Å². The minimum absolute atomic E-state index is 0.0495. The summed E-state index contributed by atoms with van der Waals surface area (Å²) >= 11 is 12.4. The third-order valence-electron chi connectivity index (χ3n) is 8.29. The summed E-state index contributed by atoms with van der Waals surface area (Å²) in [7, 11) is 1.58. The number of ether oxygens (including phenoxy) is 1. The number of esters is 1. The van der Waals surface area contributed by atoms with Crippen molar-refractivity contribution in [3.8, 4) is 6.07 Å². The van der Waals surface area contributed by atoms with Crippen LogP contribution < -0.4 is 4.90 Å². The number of benzene rings is 2. The fraction of sp³-hybridized carbons (Fsp3) is 0.452. The van der Waals surface area contributed by atoms with Gasteiger partial charge in [-0.25, -0.2) is 14.5 Å². The molecule has 12 heteroatoms. The van der Waals surface area contributed by atoms with Crippen LogP contribution in [0.1, 0.15) is 50.7 Å². The highest BCUT2D eigenvalue weighted by molar-refractivity contribution is 6.35. The summed E-state index contributed by atoms with van der Waals surface area (Å²) in [6.45, 7) is 6.12. The maximum atomic E-state index is 14.4. The van der Waals surface area contributed by atoms with E-state index in [-0.39, 0.29) is 41.3 Å². The fourth-order valence-electron chi connectivity index (χ4n) is 6.38. The Morgan fingerprint density at radius 1 is 1.09 bits per heavy atom. The number of nitrogens with zero attached hydrogens (tertiary/aromatic N) is 5. The zero-order valence-corrected chi connectivity index (χ0v) is 26.0. The summed E-state index contributed by atoms with van der Waals surface area (Å²) in [5.41, 5.74) is -0.566. The third-order valence-corrected chi connectivity index (χ3v) is 8.73. The molecular weight excluding hydrogens is 593 g/mol. The number of carbonyl (C=O) groups is 4. The minimum atomic E-state index is -1.35. The first kappa shape index (κ1) is 30.8. The lowest BCUT2D eigenvalue weighted by atomic mass is 9.80. The number of hydrogen-bond donors (Lipinski definition) is 0. The molecule has 3 aliphatic rings. The van der Waals surface area contributed by atoms with Crippen molar-refractivity contribution in [1.82, 2.24) is 14.7 Å². The second-order valence-electron chi connectivity index (χ2n) is 12.3. The molecule has 3 aliphatic heterocycles. The Morgan fingerprint density at radius 2 is 1.74 bits per heavy atom. The third kappa shape index (κ3) is 5.69. The zero-order valence-electron chi connectivity index (χ0n) is 24.5. The minimum Gasteiger partial charge on any atom is -0.458 e. The summed E-state index contributed by atoms with van der Waals surface area (Å²) in [5.74, 6) is -1.66. The molecular formula is C31H33Cl2N5O5. The molecule has 0 bridgehead atoms. The van der Waals surface area contributed by atoms with Crippen LogP contribution in [0.3, 0.4) is 0 Å². The smallest absolute Gasteiger partial charge is 0.332 e. The Hall–Kier alpha value is -3.65. The van der Waals surface area contributed by atoms with Gasteiger partial charge in [0.25, 0.3) is 5.91 Å². The zero-order chi connectivity index (χ0) is 31.3. The second kappa shape index (κ2) is 11.5. The molecule has 43 heavy (non-hydrogen) atoms. The normalized spacial score (nSPS) is 24.3. The van der Waals surface area contributed by atoms with Crippen LogP contribution in [-0.4, -0.2) is 88.9 Å². The maximum absolute atomic E-state index is 14.4. The number of amides is 4. The van der Waals surface area contributed by atoms with Gasteiger partial charge in [-0.15, -0.1) is 0 Å². The summed E-state index contributed by atoms with van der Waals surface area (Å²) in [6, 6.07) is 12.3. The number of rotatable bonds is 5. The van der Waals surface area contributed by atoms with E-state index < -0.39 is 41.0 Å². The van der Waals surface area contributed by atoms with Crippen LogP contribution in [0.15, 0.2) is 42.5 Å². The Morgan fingerprint density at radius 3 is 2.35 bits per heavy atom. The molecule has 3 saturated heterocycles. The van der Waals surface area contributed by atoms with Gasteiger partial charge in [-0.3, -0.25) is 14.5 Å². The number of likely N-dealkylation sites (tertiary alicyclic amines) is 2. The van der Waals surface area contributed by atoms with E-state index in [1.165, 1.54) is 23.1 Å². The lowest BCUT2D eigenvalue weighted by molar-refractivity contribution is -0.163. The number of halogens is 2. The lowest BCUT2D eigenvalue weighted by Crippen LogP contribution is -2.54. The Bertz CT molecular complexity index is 1500. The molecule has 10 nitrogen and oxygen atoms in total. The first-order valence-corrected chi connectivity index (χ1v) is 14.8. The van der Waals surface area contributed by atoms with Crippen molar-refractivity contribution in [2.75, 3.05) is 38.1 Å². The van der Waals surface area contributed by atoms with Gasteiger partial charge in [-0.1, -0.05) is 35.3 Å². The molecule has 226 valence electrons. The molecule has 0 N–H and O–H groups in total. The summed E-state index contributed by atoms with van der Waals surface area (Å²) in [6.07, 6.45) is 1.20. The number of nitriles is 1. The number of likely N-dealkylation sites (N-methyl/N-ethyl adjacent to an activating group) is 1. The van der Waals surface area contributed by atoms with Gasteiger partial charge >= 0.3 is 12.0 Å². The number of hydrogen-bond acceptors (Lipinski definition) is 7. The van der Waals surface area contributed by atoms with E-state index in [9.17, 15) is 24.4 Å². The van der Waals surface area contributed by atoms with E-state index in [2.05, 4.69) is 6.07 Å². The van der Waals surface area contributed by atoms with Crippen molar-refractivity contribution < 1.29 is 23.9 Å². The number of urea groups is 1. The molecule has 5 rings (SSSR count). The summed E-state index contributed by atoms with van der Waals surface area (Å²) in [4.78, 5) is 60.5. The van der Waals surface area contributed by atoms with Crippen molar-refractivity contribution in [3.05, 3.63) is 63.6 Å². The standard InChI is InChI=1S/C31H33Cl2N5O5/c1-30(2,3)43-27(40)25-6-5-11-37(25)26(39)17-36-16-24(20-9-7-19(15-34)8-10-20)31(18-36)28(41)38(29(42)35(31)4)23-13-21(32)12-22(33)14-23/h7-10,12-14,24-25H,5-6,11,16-18H2,1-4H3. The molecule has 3 atom stereocenters. The molecule has 0 aromatic heterocycles. The van der Waals surface area contributed by atoms with E-state index in [0.717, 1.165) is 10.5 Å². The Kier molecular flexibility index (Phi) is 8.20. The number of anilines is 1. The average Bonchev–Trinajstić information content (AvgIpc) is 3.61. The van der Waals surface area contributed by atoms with E-state index in [1.54, 1.807) is 57.0 Å². The number of carbonyl (C=O) groups excluding carboxylic acids is 4. The van der Waals surface area contributed by atoms with Crippen LogP contribution in [0.4, 0.5) is 10.5 Å². The van der Waals surface area contributed by atoms with Crippen LogP contribution in [0, 0.1) is 11.3 Å². The monoisotopic (exact) mass is 625 g/mol. The second-order valence-corrected chi connectivity index (χ2v) is 13.1. The highest BCUT2D eigenvalue weighted by Gasteiger charge is 2.64. The predicted molar refractivity (Wildman–Crippen MR) is 161 cm³/mol. The van der Waals surface area contributed by atoms with Crippen LogP contribution in [-0.2, 0) is 19.1 Å². The van der Waals surface area contributed by atoms with Gasteiger partial charge in [0.1, 0.15) is 17.2 Å². The Balaban J connectivity index is 1.47. The van der Waals surface area contributed by atoms with Crippen molar-refractivity contribution >= 4 is 52.7 Å². The van der Waals surface area contributed by atoms with E-state index in [4.69, 9.17) is 27.9 Å². The highest BCUT2D eigenvalue weighted by Crippen LogP contribution is 2.46. The molecule has 3 heterocycles. The summed E-state index contributed by atoms with van der Waals surface area (Å²) in [5, 5.41) is 9.88. The van der Waals surface area contributed by atoms with Crippen LogP contribution >= 0.6 is 23.2 Å². The molecule has 0 saturated carbocycles. The van der Waals surface area contributed by atoms with Gasteiger partial charge in [0.15, 0.2) is 0 Å². The molecule has 3 fully saturated rings. The van der Waals surface area contributed by atoms with Gasteiger partial charge in [0.05, 0.1) is 23.9 Å². The van der Waals surface area contributed by atoms with Crippen molar-refractivity contribution in [3.63, 3.8) is 0 Å². The van der Waals surface area contributed by atoms with Crippen molar-refractivity contribution in [1.29, 1.82) is 5.26 Å². The molecule has 4 amide bonds. The molecule has 0 aliphatic carbocycles. The molecule has 2 aromatic rings. The predicted octanol–water partition coefficient (Wildman–Crippen LogP) is 4.43. The number of imide groups is 1. The van der Waals surface area contributed by atoms with Crippen LogP contribution in [0.5, 0.6) is 0 Å². The highest BCUT2D eigenvalue weighted by atomic mass is 35.5. The van der Waals surface area contributed by atoms with Gasteiger partial charge < -0.3 is 14.5 Å². The largest absolute Gasteiger partial charge is 0.458 e. The van der Waals surface area contributed by atoms with Gasteiger partial charge in [0.2, 0.25) is 5.91 Å². The van der Waals surface area contributed by atoms with Gasteiger partial charge in [0, 0.05) is 42.6 Å². The average molecular weight is 627 g/mol. The van der Waals surface area contributed by atoms with E-state index in [1.807, 2.05) is 4.90 Å². The van der Waals surface area contributed by atoms with Crippen molar-refractivity contribution in [2.45, 2.75) is 56.7 Å². The SMILES string of the molecule is CN1C(=O)N(c2cc(Cl)cc(Cl)c2)C(=O)C12CN(CC(=O)N1CCCC1C(=O)OC(C)(C)C)CC2c1ccc(C#N)cc1. The maximum Gasteiger partial charge on any atom is 0.332 e. The topological polar surface area (TPSA) is 114 Å². The summed E-state index contributed by atoms with van der Waals surface area (Å²) < 4.78 is 5.57. The first-order chi connectivity index (χ1) is 20.2. The van der Waals surface area contributed by atoms with Gasteiger partial charge in [-0.2, -0.15) is 5.26 Å². The fourth-order valence-corrected chi connectivity index (χ4v) is 6.89. The van der Waals surface area contributed by atoms with Crippen molar-refractivity contribution in [2.24, 2.45) is 0 Å². The Labute approximate surface area is 260 Å². The van der Waals surface area contributed by atoms with Crippen LogP contribution in [0.2, 0.25) is 10.0 Å². The van der Waals surface area contributed by atoms with Gasteiger partial charge in [-0.05, 0) is 69.5 Å². The van der Waals surface area contributed by atoms with E-state index in [0.29, 0.717) is 24.9 Å². The molecule has 2 aromatic carbocycles. The van der Waals surface area contributed by atoms with Crippen LogP contribution in [0.25, 0.3) is 0 Å². The molecule has 1 spiro atoms. The lowest BCUT2D eigenvalue weighted by Gasteiger charge is -2.34. The first-order valence-electron chi connectivity index (χ1n) is 14.1. The quantitative estimate of drug-likeness (QED) is 0.356.